The van der Waals surface area contributed by atoms with Crippen LogP contribution in [0, 0.1) is 5.82 Å². The van der Waals surface area contributed by atoms with Gasteiger partial charge in [0.25, 0.3) is 0 Å². The van der Waals surface area contributed by atoms with Crippen molar-refractivity contribution in [2.24, 2.45) is 0 Å². The highest BCUT2D eigenvalue weighted by Crippen LogP contribution is 2.31. The normalized spacial score (nSPS) is 10.4. The molecule has 0 saturated heterocycles. The van der Waals surface area contributed by atoms with E-state index in [4.69, 9.17) is 5.73 Å². The zero-order chi connectivity index (χ0) is 13.1. The van der Waals surface area contributed by atoms with E-state index in [-0.39, 0.29) is 5.82 Å². The van der Waals surface area contributed by atoms with Crippen molar-refractivity contribution >= 4 is 17.1 Å². The van der Waals surface area contributed by atoms with Crippen LogP contribution in [0.15, 0.2) is 42.5 Å². The first kappa shape index (κ1) is 12.4. The minimum absolute atomic E-state index is 0.308. The second-order valence-electron chi connectivity index (χ2n) is 4.26. The fourth-order valence-electron chi connectivity index (χ4n) is 1.97. The molecule has 18 heavy (non-hydrogen) atoms. The second kappa shape index (κ2) is 5.08. The summed E-state index contributed by atoms with van der Waals surface area (Å²) in [6, 6.07) is 12.8. The highest BCUT2D eigenvalue weighted by molar-refractivity contribution is 5.74. The predicted molar refractivity (Wildman–Crippen MR) is 74.7 cm³/mol. The van der Waals surface area contributed by atoms with Crippen molar-refractivity contribution in [1.82, 2.24) is 0 Å². The Morgan fingerprint density at radius 2 is 1.78 bits per heavy atom. The van der Waals surface area contributed by atoms with Gasteiger partial charge in [-0.05, 0) is 36.2 Å². The van der Waals surface area contributed by atoms with Gasteiger partial charge in [-0.3, -0.25) is 0 Å². The average molecular weight is 244 g/mol. The number of nitrogens with zero attached hydrogens (tertiary/aromatic N) is 1. The summed E-state index contributed by atoms with van der Waals surface area (Å²) in [5.41, 5.74) is 8.87. The van der Waals surface area contributed by atoms with Crippen LogP contribution in [0.1, 0.15) is 12.5 Å². The number of anilines is 3. The highest BCUT2D eigenvalue weighted by Gasteiger charge is 2.12. The smallest absolute Gasteiger partial charge is 0.148 e. The molecular weight excluding hydrogens is 227 g/mol. The third kappa shape index (κ3) is 2.30. The third-order valence-electron chi connectivity index (χ3n) is 3.09. The highest BCUT2D eigenvalue weighted by atomic mass is 19.1. The first-order chi connectivity index (χ1) is 8.63. The van der Waals surface area contributed by atoms with E-state index in [1.54, 1.807) is 17.0 Å². The summed E-state index contributed by atoms with van der Waals surface area (Å²) in [5, 5.41) is 0. The Morgan fingerprint density at radius 1 is 1.11 bits per heavy atom. The SMILES string of the molecule is CCc1ccc(N(C)c2c(N)cccc2F)cc1. The Hall–Kier alpha value is -2.03. The quantitative estimate of drug-likeness (QED) is 0.833. The number of hydrogen-bond acceptors (Lipinski definition) is 2. The van der Waals surface area contributed by atoms with E-state index >= 15 is 0 Å². The molecule has 0 spiro atoms. The molecule has 0 fully saturated rings. The maximum atomic E-state index is 13.8. The van der Waals surface area contributed by atoms with E-state index in [1.807, 2.05) is 31.3 Å². The Labute approximate surface area is 107 Å². The van der Waals surface area contributed by atoms with Crippen LogP contribution in [-0.2, 0) is 6.42 Å². The van der Waals surface area contributed by atoms with Gasteiger partial charge in [0.2, 0.25) is 0 Å². The lowest BCUT2D eigenvalue weighted by atomic mass is 10.1. The van der Waals surface area contributed by atoms with Crippen LogP contribution >= 0.6 is 0 Å². The van der Waals surface area contributed by atoms with E-state index in [2.05, 4.69) is 6.92 Å². The van der Waals surface area contributed by atoms with Crippen LogP contribution in [0.2, 0.25) is 0 Å². The molecular formula is C15H17FN2. The minimum atomic E-state index is -0.308. The monoisotopic (exact) mass is 244 g/mol. The predicted octanol–water partition coefficient (Wildman–Crippen LogP) is 3.74. The molecule has 0 amide bonds. The van der Waals surface area contributed by atoms with E-state index in [1.165, 1.54) is 11.6 Å². The van der Waals surface area contributed by atoms with Crippen molar-refractivity contribution in [3.8, 4) is 0 Å². The molecule has 94 valence electrons. The molecule has 0 bridgehead atoms. The number of aryl methyl sites for hydroxylation is 1. The summed E-state index contributed by atoms with van der Waals surface area (Å²) >= 11 is 0. The standard InChI is InChI=1S/C15H17FN2/c1-3-11-7-9-12(10-8-11)18(2)15-13(16)5-4-6-14(15)17/h4-10H,3,17H2,1-2H3. The lowest BCUT2D eigenvalue weighted by molar-refractivity contribution is 0.628. The fourth-order valence-corrected chi connectivity index (χ4v) is 1.97. The van der Waals surface area contributed by atoms with Gasteiger partial charge in [0.05, 0.1) is 5.69 Å². The number of nitrogens with two attached hydrogens (primary N) is 1. The number of benzene rings is 2. The lowest BCUT2D eigenvalue weighted by Gasteiger charge is -2.22. The second-order valence-corrected chi connectivity index (χ2v) is 4.26. The molecule has 2 nitrogen and oxygen atoms in total. The van der Waals surface area contributed by atoms with E-state index in [0.29, 0.717) is 11.4 Å². The van der Waals surface area contributed by atoms with Crippen LogP contribution in [0.4, 0.5) is 21.5 Å². The molecule has 0 aliphatic rings. The molecule has 3 heteroatoms. The van der Waals surface area contributed by atoms with Crippen LogP contribution in [0.3, 0.4) is 0 Å². The van der Waals surface area contributed by atoms with Crippen molar-refractivity contribution in [3.63, 3.8) is 0 Å². The first-order valence-electron chi connectivity index (χ1n) is 6.00. The average Bonchev–Trinajstić information content (AvgIpc) is 2.38. The van der Waals surface area contributed by atoms with E-state index in [0.717, 1.165) is 12.1 Å². The van der Waals surface area contributed by atoms with Gasteiger partial charge in [-0.15, -0.1) is 0 Å². The van der Waals surface area contributed by atoms with Gasteiger partial charge in [-0.25, -0.2) is 4.39 Å². The Balaban J connectivity index is 2.38. The van der Waals surface area contributed by atoms with Crippen LogP contribution in [-0.4, -0.2) is 7.05 Å². The van der Waals surface area contributed by atoms with Gasteiger partial charge in [-0.2, -0.15) is 0 Å². The number of hydrogen-bond donors (Lipinski definition) is 1. The van der Waals surface area contributed by atoms with Gasteiger partial charge in [0.1, 0.15) is 11.5 Å². The summed E-state index contributed by atoms with van der Waals surface area (Å²) in [4.78, 5) is 1.77. The fraction of sp³-hybridized carbons (Fsp3) is 0.200. The zero-order valence-electron chi connectivity index (χ0n) is 10.7. The van der Waals surface area contributed by atoms with Crippen LogP contribution in [0.25, 0.3) is 0 Å². The Bertz CT molecular complexity index is 514. The van der Waals surface area contributed by atoms with Crippen molar-refractivity contribution in [2.45, 2.75) is 13.3 Å². The molecule has 0 heterocycles. The molecule has 0 saturated carbocycles. The molecule has 2 N–H and O–H groups in total. The molecule has 0 unspecified atom stereocenters. The summed E-state index contributed by atoms with van der Waals surface area (Å²) in [7, 11) is 1.82. The summed E-state index contributed by atoms with van der Waals surface area (Å²) in [6.07, 6.45) is 0.992. The molecule has 2 aromatic rings. The number of halogens is 1. The van der Waals surface area contributed by atoms with Crippen LogP contribution in [0.5, 0.6) is 0 Å². The van der Waals surface area contributed by atoms with Crippen LogP contribution < -0.4 is 10.6 Å². The van der Waals surface area contributed by atoms with Crippen molar-refractivity contribution in [2.75, 3.05) is 17.7 Å². The molecule has 0 aliphatic heterocycles. The van der Waals surface area contributed by atoms with E-state index in [9.17, 15) is 4.39 Å². The lowest BCUT2D eigenvalue weighted by Crippen LogP contribution is -2.13. The van der Waals surface area contributed by atoms with E-state index < -0.39 is 0 Å². The van der Waals surface area contributed by atoms with Gasteiger partial charge < -0.3 is 10.6 Å². The van der Waals surface area contributed by atoms with Crippen molar-refractivity contribution < 1.29 is 4.39 Å². The maximum absolute atomic E-state index is 13.8. The molecule has 0 atom stereocenters. The summed E-state index contributed by atoms with van der Waals surface area (Å²) in [6.45, 7) is 2.10. The van der Waals surface area contributed by atoms with Gasteiger partial charge >= 0.3 is 0 Å². The zero-order valence-corrected chi connectivity index (χ0v) is 10.7. The molecule has 2 rings (SSSR count). The minimum Gasteiger partial charge on any atom is -0.397 e. The molecule has 2 aromatic carbocycles. The number of rotatable bonds is 3. The van der Waals surface area contributed by atoms with Gasteiger partial charge in [-0.1, -0.05) is 25.1 Å². The van der Waals surface area contributed by atoms with Gasteiger partial charge in [0.15, 0.2) is 0 Å². The molecule has 0 aliphatic carbocycles. The maximum Gasteiger partial charge on any atom is 0.148 e. The van der Waals surface area contributed by atoms with Gasteiger partial charge in [0, 0.05) is 12.7 Å². The number of para-hydroxylation sites is 1. The third-order valence-corrected chi connectivity index (χ3v) is 3.09. The first-order valence-corrected chi connectivity index (χ1v) is 6.00. The topological polar surface area (TPSA) is 29.3 Å². The van der Waals surface area contributed by atoms with Crippen molar-refractivity contribution in [1.29, 1.82) is 0 Å². The molecule has 0 aromatic heterocycles. The summed E-state index contributed by atoms with van der Waals surface area (Å²) < 4.78 is 13.8. The Kier molecular flexibility index (Phi) is 3.51. The number of nitrogen functional groups attached to an aromatic ring is 1. The molecule has 0 radical (unpaired) electrons. The summed E-state index contributed by atoms with van der Waals surface area (Å²) in [5.74, 6) is -0.308. The Morgan fingerprint density at radius 3 is 2.33 bits per heavy atom. The van der Waals surface area contributed by atoms with Crippen molar-refractivity contribution in [3.05, 3.63) is 53.8 Å². The largest absolute Gasteiger partial charge is 0.397 e.